The molecular formula is C19H25N3O11. The van der Waals surface area contributed by atoms with E-state index in [1.54, 1.807) is 0 Å². The molecule has 1 aliphatic heterocycles. The van der Waals surface area contributed by atoms with Gasteiger partial charge in [-0.1, -0.05) is 5.21 Å². The van der Waals surface area contributed by atoms with Crippen LogP contribution < -0.4 is 0 Å². The summed E-state index contributed by atoms with van der Waals surface area (Å²) in [5.74, 6) is -3.40. The van der Waals surface area contributed by atoms with Crippen LogP contribution in [0.4, 0.5) is 0 Å². The highest BCUT2D eigenvalue weighted by Gasteiger charge is 2.53. The normalized spacial score (nSPS) is 24.3. The first-order valence-corrected chi connectivity index (χ1v) is 9.82. The zero-order valence-electron chi connectivity index (χ0n) is 18.7. The number of esters is 5. The third-order valence-corrected chi connectivity index (χ3v) is 4.21. The smallest absolute Gasteiger partial charge is 0.303 e. The number of hydrogen-bond acceptors (Lipinski definition) is 13. The van der Waals surface area contributed by atoms with Gasteiger partial charge in [-0.25, -0.2) is 4.68 Å². The van der Waals surface area contributed by atoms with Gasteiger partial charge in [0.1, 0.15) is 25.0 Å². The molecule has 0 amide bonds. The number of carbonyl (C=O) groups excluding carboxylic acids is 5. The molecule has 33 heavy (non-hydrogen) atoms. The van der Waals surface area contributed by atoms with Gasteiger partial charge in [0, 0.05) is 34.6 Å². The lowest BCUT2D eigenvalue weighted by Gasteiger charge is -2.44. The van der Waals surface area contributed by atoms with Gasteiger partial charge >= 0.3 is 29.8 Å². The summed E-state index contributed by atoms with van der Waals surface area (Å²) < 4.78 is 33.0. The Morgan fingerprint density at radius 3 is 1.91 bits per heavy atom. The van der Waals surface area contributed by atoms with Gasteiger partial charge in [0.25, 0.3) is 0 Å². The fraction of sp³-hybridized carbons (Fsp3) is 0.632. The molecule has 2 rings (SSSR count). The summed E-state index contributed by atoms with van der Waals surface area (Å²) in [7, 11) is 0. The predicted molar refractivity (Wildman–Crippen MR) is 103 cm³/mol. The average Bonchev–Trinajstić information content (AvgIpc) is 3.15. The van der Waals surface area contributed by atoms with Crippen LogP contribution in [0, 0.1) is 0 Å². The molecule has 1 saturated heterocycles. The minimum atomic E-state index is -1.34. The number of nitrogens with zero attached hydrogens (tertiary/aromatic N) is 3. The number of hydrogen-bond donors (Lipinski definition) is 0. The van der Waals surface area contributed by atoms with Crippen LogP contribution in [-0.2, 0) is 59.0 Å². The molecule has 1 aromatic heterocycles. The molecule has 1 aliphatic rings. The van der Waals surface area contributed by atoms with E-state index in [-0.39, 0.29) is 18.9 Å². The Morgan fingerprint density at radius 1 is 0.818 bits per heavy atom. The Morgan fingerprint density at radius 2 is 1.36 bits per heavy atom. The summed E-state index contributed by atoms with van der Waals surface area (Å²) in [5.41, 5.74) is 0.248. The largest absolute Gasteiger partial charge is 0.463 e. The zero-order chi connectivity index (χ0) is 24.7. The number of ether oxygens (including phenoxy) is 6. The van der Waals surface area contributed by atoms with Crippen LogP contribution in [0.5, 0.6) is 0 Å². The lowest BCUT2D eigenvalue weighted by molar-refractivity contribution is -0.270. The van der Waals surface area contributed by atoms with Gasteiger partial charge in [0.15, 0.2) is 24.5 Å². The monoisotopic (exact) mass is 471 g/mol. The summed E-state index contributed by atoms with van der Waals surface area (Å²) in [6.45, 7) is 5.22. The van der Waals surface area contributed by atoms with E-state index in [0.717, 1.165) is 25.5 Å². The third-order valence-electron chi connectivity index (χ3n) is 4.21. The van der Waals surface area contributed by atoms with E-state index in [0.29, 0.717) is 0 Å². The van der Waals surface area contributed by atoms with Crippen molar-refractivity contribution in [3.05, 3.63) is 11.9 Å². The second-order valence-electron chi connectivity index (χ2n) is 7.06. The molecule has 1 fully saturated rings. The number of rotatable bonds is 8. The minimum Gasteiger partial charge on any atom is -0.463 e. The van der Waals surface area contributed by atoms with Gasteiger partial charge in [0.2, 0.25) is 0 Å². The number of aromatic nitrogens is 3. The van der Waals surface area contributed by atoms with E-state index in [4.69, 9.17) is 28.4 Å². The quantitative estimate of drug-likeness (QED) is 0.354. The standard InChI is InChI=1S/C19H25N3O11/c1-9(23)28-7-14-6-22(21-20-14)19-18(32-13(5)27)17(31-12(4)26)16(30-11(3)25)15(33-19)8-29-10(2)24/h6,15-19H,7-8H2,1-5H3/t15-,16-,17+,18-,19-/m1/s1. The van der Waals surface area contributed by atoms with Gasteiger partial charge < -0.3 is 28.4 Å². The highest BCUT2D eigenvalue weighted by molar-refractivity contribution is 5.68. The van der Waals surface area contributed by atoms with Crippen LogP contribution in [0.3, 0.4) is 0 Å². The summed E-state index contributed by atoms with van der Waals surface area (Å²) >= 11 is 0. The van der Waals surface area contributed by atoms with Gasteiger partial charge in [-0.15, -0.1) is 5.10 Å². The maximum atomic E-state index is 11.8. The van der Waals surface area contributed by atoms with Crippen molar-refractivity contribution in [1.82, 2.24) is 15.0 Å². The maximum Gasteiger partial charge on any atom is 0.303 e. The van der Waals surface area contributed by atoms with Crippen LogP contribution in [0.2, 0.25) is 0 Å². The van der Waals surface area contributed by atoms with Crippen molar-refractivity contribution >= 4 is 29.8 Å². The molecule has 0 aliphatic carbocycles. The van der Waals surface area contributed by atoms with Crippen molar-refractivity contribution in [3.8, 4) is 0 Å². The second-order valence-corrected chi connectivity index (χ2v) is 7.06. The van der Waals surface area contributed by atoms with Crippen molar-refractivity contribution in [2.75, 3.05) is 6.61 Å². The molecule has 5 atom stereocenters. The molecule has 0 radical (unpaired) electrons. The van der Waals surface area contributed by atoms with E-state index in [9.17, 15) is 24.0 Å². The topological polar surface area (TPSA) is 171 Å². The highest BCUT2D eigenvalue weighted by Crippen LogP contribution is 2.34. The Balaban J connectivity index is 2.47. The van der Waals surface area contributed by atoms with Gasteiger partial charge in [0.05, 0.1) is 6.20 Å². The predicted octanol–water partition coefficient (Wildman–Crippen LogP) is -0.403. The maximum absolute atomic E-state index is 11.8. The molecule has 0 spiro atoms. The summed E-state index contributed by atoms with van der Waals surface area (Å²) in [6.07, 6.45) is -4.94. The average molecular weight is 471 g/mol. The van der Waals surface area contributed by atoms with E-state index in [1.807, 2.05) is 0 Å². The Bertz CT molecular complexity index is 899. The summed E-state index contributed by atoms with van der Waals surface area (Å²) in [6, 6.07) is 0. The molecule has 14 nitrogen and oxygen atoms in total. The van der Waals surface area contributed by atoms with E-state index in [2.05, 4.69) is 10.3 Å². The van der Waals surface area contributed by atoms with E-state index in [1.165, 1.54) is 20.0 Å². The van der Waals surface area contributed by atoms with Crippen LogP contribution in [0.1, 0.15) is 46.5 Å². The summed E-state index contributed by atoms with van der Waals surface area (Å²) in [4.78, 5) is 57.8. The van der Waals surface area contributed by atoms with Crippen molar-refractivity contribution in [1.29, 1.82) is 0 Å². The molecule has 182 valence electrons. The molecule has 1 aromatic rings. The Labute approximate surface area is 188 Å². The van der Waals surface area contributed by atoms with Crippen LogP contribution in [0.25, 0.3) is 0 Å². The molecule has 0 bridgehead atoms. The highest BCUT2D eigenvalue weighted by atomic mass is 16.7. The SMILES string of the molecule is CC(=O)OCc1cn([C@@H]2O[C@H](COC(C)=O)[C@@H](OC(C)=O)[C@H](OC(C)=O)[C@H]2OC(C)=O)nn1. The van der Waals surface area contributed by atoms with Gasteiger partial charge in [-0.2, -0.15) is 0 Å². The second kappa shape index (κ2) is 11.4. The fourth-order valence-corrected chi connectivity index (χ4v) is 3.10. The van der Waals surface area contributed by atoms with Crippen LogP contribution >= 0.6 is 0 Å². The molecule has 0 unspecified atom stereocenters. The van der Waals surface area contributed by atoms with Crippen molar-refractivity contribution < 1.29 is 52.4 Å². The van der Waals surface area contributed by atoms with Crippen LogP contribution in [0.15, 0.2) is 6.20 Å². The van der Waals surface area contributed by atoms with Crippen LogP contribution in [-0.4, -0.2) is 75.9 Å². The van der Waals surface area contributed by atoms with E-state index >= 15 is 0 Å². The summed E-state index contributed by atoms with van der Waals surface area (Å²) in [5, 5.41) is 7.77. The molecule has 14 heteroatoms. The van der Waals surface area contributed by atoms with Crippen molar-refractivity contribution in [2.45, 2.75) is 71.9 Å². The molecule has 0 N–H and O–H groups in total. The Kier molecular flexibility index (Phi) is 8.85. The molecule has 0 saturated carbocycles. The first-order valence-electron chi connectivity index (χ1n) is 9.82. The first kappa shape index (κ1) is 25.7. The van der Waals surface area contributed by atoms with Crippen molar-refractivity contribution in [2.24, 2.45) is 0 Å². The Hall–Kier alpha value is -3.55. The lowest BCUT2D eigenvalue weighted by atomic mass is 9.97. The van der Waals surface area contributed by atoms with Crippen molar-refractivity contribution in [3.63, 3.8) is 0 Å². The van der Waals surface area contributed by atoms with Gasteiger partial charge in [-0.3, -0.25) is 24.0 Å². The zero-order valence-corrected chi connectivity index (χ0v) is 18.7. The minimum absolute atomic E-state index is 0.180. The lowest BCUT2D eigenvalue weighted by Crippen LogP contribution is -2.60. The molecule has 0 aromatic carbocycles. The molecular weight excluding hydrogens is 446 g/mol. The number of carbonyl (C=O) groups is 5. The van der Waals surface area contributed by atoms with Gasteiger partial charge in [-0.05, 0) is 0 Å². The third kappa shape index (κ3) is 7.52. The first-order chi connectivity index (χ1) is 15.5. The fourth-order valence-electron chi connectivity index (χ4n) is 3.10. The molecule has 2 heterocycles. The van der Waals surface area contributed by atoms with E-state index < -0.39 is 60.5 Å².